The Morgan fingerprint density at radius 1 is 1.57 bits per heavy atom. The molecule has 6 nitrogen and oxygen atoms in total. The number of carbonyl (C=O) groups excluding carboxylic acids is 1. The summed E-state index contributed by atoms with van der Waals surface area (Å²) in [5.74, 6) is -0.00486. The lowest BCUT2D eigenvalue weighted by atomic mass is 10.1. The van der Waals surface area contributed by atoms with E-state index in [1.54, 1.807) is 6.07 Å². The van der Waals surface area contributed by atoms with E-state index in [1.165, 1.54) is 12.1 Å². The Morgan fingerprint density at radius 2 is 2.29 bits per heavy atom. The van der Waals surface area contributed by atoms with E-state index >= 15 is 0 Å². The van der Waals surface area contributed by atoms with E-state index < -0.39 is 4.92 Å². The summed E-state index contributed by atoms with van der Waals surface area (Å²) in [6.45, 7) is 4.22. The Balaban J connectivity index is 0.00000220. The van der Waals surface area contributed by atoms with Crippen LogP contribution >= 0.6 is 24.0 Å². The predicted molar refractivity (Wildman–Crippen MR) is 83.1 cm³/mol. The fourth-order valence-electron chi connectivity index (χ4n) is 2.27. The summed E-state index contributed by atoms with van der Waals surface area (Å²) >= 11 is 6.01. The molecule has 8 heteroatoms. The van der Waals surface area contributed by atoms with Crippen molar-refractivity contribution in [3.63, 3.8) is 0 Å². The number of hydrogen-bond donors (Lipinski definition) is 1. The van der Waals surface area contributed by atoms with Crippen LogP contribution in [0, 0.1) is 10.1 Å². The SMILES string of the molecule is C[C@@H]1CNCCN1C(=O)Cc1ccc([N+](=O)[O-])cc1Cl.Cl. The highest BCUT2D eigenvalue weighted by Crippen LogP contribution is 2.23. The zero-order chi connectivity index (χ0) is 14.7. The largest absolute Gasteiger partial charge is 0.337 e. The van der Waals surface area contributed by atoms with Gasteiger partial charge in [-0.2, -0.15) is 0 Å². The number of hydrogen-bond acceptors (Lipinski definition) is 4. The summed E-state index contributed by atoms with van der Waals surface area (Å²) < 4.78 is 0. The molecule has 0 aliphatic carbocycles. The molecule has 1 aliphatic rings. The first-order chi connectivity index (χ1) is 9.49. The Morgan fingerprint density at radius 3 is 2.86 bits per heavy atom. The molecule has 0 bridgehead atoms. The quantitative estimate of drug-likeness (QED) is 0.678. The highest BCUT2D eigenvalue weighted by atomic mass is 35.5. The number of rotatable bonds is 3. The van der Waals surface area contributed by atoms with Crippen molar-refractivity contribution in [3.8, 4) is 0 Å². The first-order valence-electron chi connectivity index (χ1n) is 6.42. The lowest BCUT2D eigenvalue weighted by Gasteiger charge is -2.34. The molecule has 1 atom stereocenters. The fraction of sp³-hybridized carbons (Fsp3) is 0.462. The van der Waals surface area contributed by atoms with E-state index in [0.29, 0.717) is 12.1 Å². The second-order valence-corrected chi connectivity index (χ2v) is 5.26. The van der Waals surface area contributed by atoms with Crippen LogP contribution in [0.5, 0.6) is 0 Å². The average molecular weight is 334 g/mol. The van der Waals surface area contributed by atoms with Gasteiger partial charge in [-0.05, 0) is 12.5 Å². The predicted octanol–water partition coefficient (Wildman–Crippen LogP) is 2.03. The number of amides is 1. The fourth-order valence-corrected chi connectivity index (χ4v) is 2.51. The van der Waals surface area contributed by atoms with Crippen LogP contribution in [0.1, 0.15) is 12.5 Å². The molecule has 0 aromatic heterocycles. The summed E-state index contributed by atoms with van der Waals surface area (Å²) in [4.78, 5) is 24.2. The summed E-state index contributed by atoms with van der Waals surface area (Å²) in [5.41, 5.74) is 0.551. The van der Waals surface area contributed by atoms with Gasteiger partial charge in [-0.15, -0.1) is 12.4 Å². The number of non-ortho nitro benzene ring substituents is 1. The van der Waals surface area contributed by atoms with Gasteiger partial charge in [0, 0.05) is 37.8 Å². The number of nitrogens with one attached hydrogen (secondary N) is 1. The van der Waals surface area contributed by atoms with Gasteiger partial charge in [0.25, 0.3) is 5.69 Å². The van der Waals surface area contributed by atoms with Crippen molar-refractivity contribution >= 4 is 35.6 Å². The number of nitro benzene ring substituents is 1. The standard InChI is InChI=1S/C13H16ClN3O3.ClH/c1-9-8-15-4-5-16(9)13(18)6-10-2-3-11(17(19)20)7-12(10)14;/h2-3,7,9,15H,4-6,8H2,1H3;1H/t9-;/m1./s1. The van der Waals surface area contributed by atoms with Gasteiger partial charge >= 0.3 is 0 Å². The maximum absolute atomic E-state index is 12.3. The third-order valence-corrected chi connectivity index (χ3v) is 3.76. The van der Waals surface area contributed by atoms with Gasteiger partial charge in [0.2, 0.25) is 5.91 Å². The molecule has 1 aromatic rings. The van der Waals surface area contributed by atoms with Gasteiger partial charge in [0.05, 0.1) is 16.4 Å². The molecule has 0 spiro atoms. The highest BCUT2D eigenvalue weighted by molar-refractivity contribution is 6.31. The second-order valence-electron chi connectivity index (χ2n) is 4.85. The molecule has 21 heavy (non-hydrogen) atoms. The molecule has 1 saturated heterocycles. The van der Waals surface area contributed by atoms with E-state index in [0.717, 1.165) is 13.1 Å². The molecule has 0 unspecified atom stereocenters. The van der Waals surface area contributed by atoms with Crippen molar-refractivity contribution in [1.82, 2.24) is 10.2 Å². The molecular formula is C13H17Cl2N3O3. The molecule has 2 rings (SSSR count). The molecule has 116 valence electrons. The van der Waals surface area contributed by atoms with Crippen LogP contribution in [0.15, 0.2) is 18.2 Å². The van der Waals surface area contributed by atoms with Crippen LogP contribution in [0.3, 0.4) is 0 Å². The second kappa shape index (κ2) is 7.59. The molecule has 1 fully saturated rings. The maximum atomic E-state index is 12.3. The Bertz CT molecular complexity index is 539. The number of nitrogens with zero attached hydrogens (tertiary/aromatic N) is 2. The van der Waals surface area contributed by atoms with Crippen molar-refractivity contribution < 1.29 is 9.72 Å². The minimum absolute atomic E-state index is 0. The lowest BCUT2D eigenvalue weighted by molar-refractivity contribution is -0.384. The van der Waals surface area contributed by atoms with Crippen molar-refractivity contribution in [2.24, 2.45) is 0 Å². The molecule has 0 saturated carbocycles. The molecule has 1 aliphatic heterocycles. The summed E-state index contributed by atoms with van der Waals surface area (Å²) in [7, 11) is 0. The highest BCUT2D eigenvalue weighted by Gasteiger charge is 2.23. The monoisotopic (exact) mass is 333 g/mol. The van der Waals surface area contributed by atoms with Crippen molar-refractivity contribution in [1.29, 1.82) is 0 Å². The number of piperazine rings is 1. The van der Waals surface area contributed by atoms with E-state index in [9.17, 15) is 14.9 Å². The summed E-state index contributed by atoms with van der Waals surface area (Å²) in [6.07, 6.45) is 0.168. The number of benzene rings is 1. The van der Waals surface area contributed by atoms with E-state index in [4.69, 9.17) is 11.6 Å². The number of halogens is 2. The van der Waals surface area contributed by atoms with Crippen LogP contribution < -0.4 is 5.32 Å². The first-order valence-corrected chi connectivity index (χ1v) is 6.80. The van der Waals surface area contributed by atoms with Gasteiger partial charge in [-0.1, -0.05) is 17.7 Å². The maximum Gasteiger partial charge on any atom is 0.270 e. The number of carbonyl (C=O) groups is 1. The van der Waals surface area contributed by atoms with Gasteiger partial charge in [0.15, 0.2) is 0 Å². The summed E-state index contributed by atoms with van der Waals surface area (Å²) in [5, 5.41) is 14.1. The third-order valence-electron chi connectivity index (χ3n) is 3.41. The molecule has 1 aromatic carbocycles. The first kappa shape index (κ1) is 17.7. The van der Waals surface area contributed by atoms with Gasteiger partial charge in [-0.25, -0.2) is 0 Å². The molecule has 1 N–H and O–H groups in total. The Labute approximate surface area is 134 Å². The van der Waals surface area contributed by atoms with Crippen LogP contribution in [0.4, 0.5) is 5.69 Å². The van der Waals surface area contributed by atoms with Gasteiger partial charge in [-0.3, -0.25) is 14.9 Å². The normalized spacial score (nSPS) is 18.0. The van der Waals surface area contributed by atoms with Crippen LogP contribution in [-0.4, -0.2) is 41.4 Å². The minimum atomic E-state index is -0.504. The molecular weight excluding hydrogens is 317 g/mol. The van der Waals surface area contributed by atoms with E-state index in [-0.39, 0.29) is 41.5 Å². The molecule has 0 radical (unpaired) electrons. The molecule has 1 amide bonds. The van der Waals surface area contributed by atoms with Crippen LogP contribution in [0.25, 0.3) is 0 Å². The van der Waals surface area contributed by atoms with Gasteiger partial charge < -0.3 is 10.2 Å². The zero-order valence-electron chi connectivity index (χ0n) is 11.5. The smallest absolute Gasteiger partial charge is 0.270 e. The average Bonchev–Trinajstić information content (AvgIpc) is 2.41. The van der Waals surface area contributed by atoms with Crippen LogP contribution in [0.2, 0.25) is 5.02 Å². The van der Waals surface area contributed by atoms with E-state index in [2.05, 4.69) is 5.32 Å². The van der Waals surface area contributed by atoms with Gasteiger partial charge in [0.1, 0.15) is 0 Å². The Hall–Kier alpha value is -1.37. The summed E-state index contributed by atoms with van der Waals surface area (Å²) in [6, 6.07) is 4.35. The van der Waals surface area contributed by atoms with E-state index in [1.807, 2.05) is 11.8 Å². The van der Waals surface area contributed by atoms with Crippen molar-refractivity contribution in [2.45, 2.75) is 19.4 Å². The zero-order valence-corrected chi connectivity index (χ0v) is 13.1. The molecule has 1 heterocycles. The Kier molecular flexibility index (Phi) is 6.39. The third kappa shape index (κ3) is 4.30. The minimum Gasteiger partial charge on any atom is -0.337 e. The number of nitro groups is 1. The topological polar surface area (TPSA) is 75.5 Å². The van der Waals surface area contributed by atoms with Crippen molar-refractivity contribution in [2.75, 3.05) is 19.6 Å². The lowest BCUT2D eigenvalue weighted by Crippen LogP contribution is -2.52. The van der Waals surface area contributed by atoms with Crippen LogP contribution in [-0.2, 0) is 11.2 Å². The van der Waals surface area contributed by atoms with Crippen molar-refractivity contribution in [3.05, 3.63) is 38.9 Å².